The van der Waals surface area contributed by atoms with Gasteiger partial charge < -0.3 is 9.30 Å². The first kappa shape index (κ1) is 13.2. The molecule has 0 N–H and O–H groups in total. The SMILES string of the molecule is COc1cc(Cn2ccc3ccc(F)cc32)ccc1C#N. The summed E-state index contributed by atoms with van der Waals surface area (Å²) in [6.07, 6.45) is 1.93. The van der Waals surface area contributed by atoms with Crippen molar-refractivity contribution in [2.75, 3.05) is 7.11 Å². The highest BCUT2D eigenvalue weighted by Gasteiger charge is 2.06. The number of methoxy groups -OCH3 is 1. The van der Waals surface area contributed by atoms with Gasteiger partial charge in [-0.05, 0) is 47.3 Å². The van der Waals surface area contributed by atoms with Crippen LogP contribution in [0, 0.1) is 17.1 Å². The maximum absolute atomic E-state index is 13.4. The molecule has 0 unspecified atom stereocenters. The third-order valence-electron chi connectivity index (χ3n) is 3.48. The van der Waals surface area contributed by atoms with Gasteiger partial charge in [-0.25, -0.2) is 4.39 Å². The summed E-state index contributed by atoms with van der Waals surface area (Å²) < 4.78 is 20.6. The van der Waals surface area contributed by atoms with Crippen molar-refractivity contribution in [2.45, 2.75) is 6.54 Å². The fourth-order valence-electron chi connectivity index (χ4n) is 2.42. The fourth-order valence-corrected chi connectivity index (χ4v) is 2.42. The first-order valence-electron chi connectivity index (χ1n) is 6.52. The molecule has 21 heavy (non-hydrogen) atoms. The number of ether oxygens (including phenoxy) is 1. The van der Waals surface area contributed by atoms with Crippen molar-refractivity contribution in [3.63, 3.8) is 0 Å². The third kappa shape index (κ3) is 2.46. The first-order chi connectivity index (χ1) is 10.2. The lowest BCUT2D eigenvalue weighted by molar-refractivity contribution is 0.413. The molecule has 0 fully saturated rings. The monoisotopic (exact) mass is 280 g/mol. The predicted octanol–water partition coefficient (Wildman–Crippen LogP) is 3.71. The maximum atomic E-state index is 13.4. The Kier molecular flexibility index (Phi) is 3.33. The maximum Gasteiger partial charge on any atom is 0.136 e. The lowest BCUT2D eigenvalue weighted by Crippen LogP contribution is -1.99. The highest BCUT2D eigenvalue weighted by Crippen LogP contribution is 2.22. The van der Waals surface area contributed by atoms with Gasteiger partial charge in [0.25, 0.3) is 0 Å². The molecule has 0 saturated heterocycles. The minimum atomic E-state index is -0.250. The van der Waals surface area contributed by atoms with Crippen LogP contribution in [0.3, 0.4) is 0 Å². The first-order valence-corrected chi connectivity index (χ1v) is 6.52. The Hall–Kier alpha value is -2.80. The van der Waals surface area contributed by atoms with E-state index in [1.54, 1.807) is 19.2 Å². The van der Waals surface area contributed by atoms with Gasteiger partial charge in [-0.2, -0.15) is 5.26 Å². The summed E-state index contributed by atoms with van der Waals surface area (Å²) in [5.74, 6) is 0.303. The summed E-state index contributed by atoms with van der Waals surface area (Å²) in [5.41, 5.74) is 2.34. The summed E-state index contributed by atoms with van der Waals surface area (Å²) in [5, 5.41) is 9.99. The molecule has 4 heteroatoms. The number of fused-ring (bicyclic) bond motifs is 1. The van der Waals surface area contributed by atoms with E-state index >= 15 is 0 Å². The van der Waals surface area contributed by atoms with Crippen molar-refractivity contribution in [1.82, 2.24) is 4.57 Å². The van der Waals surface area contributed by atoms with E-state index < -0.39 is 0 Å². The Morgan fingerprint density at radius 3 is 2.81 bits per heavy atom. The largest absolute Gasteiger partial charge is 0.495 e. The van der Waals surface area contributed by atoms with E-state index in [1.807, 2.05) is 29.0 Å². The molecule has 3 aromatic rings. The van der Waals surface area contributed by atoms with E-state index in [9.17, 15) is 4.39 Å². The summed E-state index contributed by atoms with van der Waals surface area (Å²) in [4.78, 5) is 0. The van der Waals surface area contributed by atoms with Gasteiger partial charge in [0.2, 0.25) is 0 Å². The van der Waals surface area contributed by atoms with Crippen LogP contribution in [0.15, 0.2) is 48.7 Å². The van der Waals surface area contributed by atoms with Gasteiger partial charge in [-0.3, -0.25) is 0 Å². The van der Waals surface area contributed by atoms with E-state index in [-0.39, 0.29) is 5.82 Å². The average Bonchev–Trinajstić information content (AvgIpc) is 2.89. The minimum Gasteiger partial charge on any atom is -0.495 e. The molecule has 0 amide bonds. The molecule has 0 aliphatic heterocycles. The molecule has 0 bridgehead atoms. The second kappa shape index (κ2) is 5.29. The van der Waals surface area contributed by atoms with Crippen molar-refractivity contribution in [2.24, 2.45) is 0 Å². The summed E-state index contributed by atoms with van der Waals surface area (Å²) in [6.45, 7) is 0.592. The molecule has 0 atom stereocenters. The Morgan fingerprint density at radius 1 is 1.19 bits per heavy atom. The molecule has 104 valence electrons. The number of hydrogen-bond acceptors (Lipinski definition) is 2. The molecule has 1 aromatic heterocycles. The van der Waals surface area contributed by atoms with Gasteiger partial charge in [0.05, 0.1) is 18.2 Å². The fraction of sp³-hybridized carbons (Fsp3) is 0.118. The quantitative estimate of drug-likeness (QED) is 0.733. The van der Waals surface area contributed by atoms with Crippen LogP contribution < -0.4 is 4.74 Å². The number of benzene rings is 2. The number of nitrogens with zero attached hydrogens (tertiary/aromatic N) is 2. The van der Waals surface area contributed by atoms with Crippen LogP contribution >= 0.6 is 0 Å². The van der Waals surface area contributed by atoms with Crippen molar-refractivity contribution in [3.8, 4) is 11.8 Å². The van der Waals surface area contributed by atoms with Crippen LogP contribution in [0.1, 0.15) is 11.1 Å². The Labute approximate surface area is 121 Å². The highest BCUT2D eigenvalue weighted by atomic mass is 19.1. The zero-order valence-corrected chi connectivity index (χ0v) is 11.5. The molecule has 0 aliphatic rings. The van der Waals surface area contributed by atoms with Crippen molar-refractivity contribution >= 4 is 10.9 Å². The van der Waals surface area contributed by atoms with Gasteiger partial charge in [0.15, 0.2) is 0 Å². The van der Waals surface area contributed by atoms with Crippen LogP contribution in [0.25, 0.3) is 10.9 Å². The lowest BCUT2D eigenvalue weighted by atomic mass is 10.1. The molecular formula is C17H13FN2O. The Balaban J connectivity index is 1.99. The van der Waals surface area contributed by atoms with Gasteiger partial charge >= 0.3 is 0 Å². The summed E-state index contributed by atoms with van der Waals surface area (Å²) >= 11 is 0. The third-order valence-corrected chi connectivity index (χ3v) is 3.48. The molecule has 0 saturated carbocycles. The second-order valence-electron chi connectivity index (χ2n) is 4.79. The number of nitriles is 1. The predicted molar refractivity (Wildman–Crippen MR) is 78.7 cm³/mol. The zero-order chi connectivity index (χ0) is 14.8. The normalized spacial score (nSPS) is 10.5. The van der Waals surface area contributed by atoms with Crippen molar-refractivity contribution < 1.29 is 9.13 Å². The Bertz CT molecular complexity index is 846. The smallest absolute Gasteiger partial charge is 0.136 e. The molecule has 0 radical (unpaired) electrons. The zero-order valence-electron chi connectivity index (χ0n) is 11.5. The number of halogens is 1. The van der Waals surface area contributed by atoms with E-state index in [4.69, 9.17) is 10.00 Å². The van der Waals surface area contributed by atoms with Crippen LogP contribution in [0.5, 0.6) is 5.75 Å². The number of aromatic nitrogens is 1. The average molecular weight is 280 g/mol. The van der Waals surface area contributed by atoms with Crippen LogP contribution in [0.2, 0.25) is 0 Å². The minimum absolute atomic E-state index is 0.250. The summed E-state index contributed by atoms with van der Waals surface area (Å²) in [6, 6.07) is 14.2. The van der Waals surface area contributed by atoms with Crippen LogP contribution in [0.4, 0.5) is 4.39 Å². The topological polar surface area (TPSA) is 38.0 Å². The van der Waals surface area contributed by atoms with Gasteiger partial charge in [0, 0.05) is 12.7 Å². The molecular weight excluding hydrogens is 267 g/mol. The standard InChI is InChI=1S/C17H13FN2O/c1-21-17-8-12(2-3-14(17)10-19)11-20-7-6-13-4-5-15(18)9-16(13)20/h2-9H,11H2,1H3. The highest BCUT2D eigenvalue weighted by molar-refractivity contribution is 5.80. The van der Waals surface area contributed by atoms with E-state index in [0.29, 0.717) is 17.9 Å². The van der Waals surface area contributed by atoms with Gasteiger partial charge in [-0.1, -0.05) is 6.07 Å². The molecule has 3 rings (SSSR count). The molecule has 3 nitrogen and oxygen atoms in total. The van der Waals surface area contributed by atoms with E-state index in [2.05, 4.69) is 6.07 Å². The molecule has 1 heterocycles. The lowest BCUT2D eigenvalue weighted by Gasteiger charge is -2.09. The molecule has 0 spiro atoms. The summed E-state index contributed by atoms with van der Waals surface area (Å²) in [7, 11) is 1.54. The van der Waals surface area contributed by atoms with E-state index in [1.165, 1.54) is 12.1 Å². The number of hydrogen-bond donors (Lipinski definition) is 0. The van der Waals surface area contributed by atoms with Gasteiger partial charge in [0.1, 0.15) is 17.6 Å². The number of rotatable bonds is 3. The van der Waals surface area contributed by atoms with Crippen molar-refractivity contribution in [3.05, 3.63) is 65.6 Å². The molecule has 2 aromatic carbocycles. The second-order valence-corrected chi connectivity index (χ2v) is 4.79. The van der Waals surface area contributed by atoms with Crippen LogP contribution in [-0.4, -0.2) is 11.7 Å². The van der Waals surface area contributed by atoms with Crippen molar-refractivity contribution in [1.29, 1.82) is 5.26 Å². The van der Waals surface area contributed by atoms with E-state index in [0.717, 1.165) is 16.5 Å². The van der Waals surface area contributed by atoms with Gasteiger partial charge in [-0.15, -0.1) is 0 Å². The Morgan fingerprint density at radius 2 is 2.05 bits per heavy atom. The molecule has 0 aliphatic carbocycles. The van der Waals surface area contributed by atoms with Crippen LogP contribution in [-0.2, 0) is 6.54 Å².